The van der Waals surface area contributed by atoms with E-state index in [0.29, 0.717) is 46.3 Å². The second kappa shape index (κ2) is 7.97. The summed E-state index contributed by atoms with van der Waals surface area (Å²) in [6.07, 6.45) is 0.671. The number of aromatic carboxylic acids is 1. The van der Waals surface area contributed by atoms with Crippen molar-refractivity contribution in [1.29, 1.82) is 0 Å². The molecule has 0 aliphatic rings. The first-order valence-electron chi connectivity index (χ1n) is 9.75. The molecule has 0 radical (unpaired) electrons. The van der Waals surface area contributed by atoms with Crippen molar-refractivity contribution in [3.05, 3.63) is 83.4 Å². The SMILES string of the molecule is Cc1c(-c2ccc(-c3ccccc3)c(O)c2)nc2ccc(CCN)cc2c1C(=O)O. The van der Waals surface area contributed by atoms with Gasteiger partial charge >= 0.3 is 5.97 Å². The van der Waals surface area contributed by atoms with Crippen molar-refractivity contribution in [3.63, 3.8) is 0 Å². The number of phenols is 1. The summed E-state index contributed by atoms with van der Waals surface area (Å²) < 4.78 is 0. The van der Waals surface area contributed by atoms with E-state index in [1.807, 2.05) is 60.7 Å². The molecule has 5 heteroatoms. The lowest BCUT2D eigenvalue weighted by Gasteiger charge is -2.14. The maximum atomic E-state index is 12.1. The van der Waals surface area contributed by atoms with E-state index in [2.05, 4.69) is 0 Å². The van der Waals surface area contributed by atoms with Crippen LogP contribution in [0, 0.1) is 6.92 Å². The summed E-state index contributed by atoms with van der Waals surface area (Å²) in [6.45, 7) is 2.24. The van der Waals surface area contributed by atoms with E-state index < -0.39 is 5.97 Å². The van der Waals surface area contributed by atoms with Crippen LogP contribution in [0.25, 0.3) is 33.3 Å². The first-order valence-corrected chi connectivity index (χ1v) is 9.75. The van der Waals surface area contributed by atoms with E-state index in [9.17, 15) is 15.0 Å². The number of rotatable bonds is 5. The Bertz CT molecular complexity index is 1250. The van der Waals surface area contributed by atoms with Crippen molar-refractivity contribution in [3.8, 4) is 28.1 Å². The fourth-order valence-electron chi connectivity index (χ4n) is 3.83. The Hall–Kier alpha value is -3.70. The molecule has 0 fully saturated rings. The van der Waals surface area contributed by atoms with E-state index in [4.69, 9.17) is 10.7 Å². The van der Waals surface area contributed by atoms with Crippen LogP contribution in [0.15, 0.2) is 66.7 Å². The Morgan fingerprint density at radius 1 is 1.00 bits per heavy atom. The van der Waals surface area contributed by atoms with Crippen molar-refractivity contribution < 1.29 is 15.0 Å². The van der Waals surface area contributed by atoms with Crippen molar-refractivity contribution in [1.82, 2.24) is 4.98 Å². The average molecular weight is 398 g/mol. The predicted octanol–water partition coefficient (Wildman–Crippen LogP) is 4.78. The summed E-state index contributed by atoms with van der Waals surface area (Å²) in [6, 6.07) is 20.5. The predicted molar refractivity (Wildman–Crippen MR) is 119 cm³/mol. The Labute approximate surface area is 174 Å². The van der Waals surface area contributed by atoms with Crippen molar-refractivity contribution in [2.24, 2.45) is 5.73 Å². The van der Waals surface area contributed by atoms with E-state index in [0.717, 1.165) is 11.1 Å². The van der Waals surface area contributed by atoms with Gasteiger partial charge in [-0.25, -0.2) is 9.78 Å². The highest BCUT2D eigenvalue weighted by molar-refractivity contribution is 6.05. The standard InChI is InChI=1S/C25H22N2O3/c1-15-23(25(29)30)20-13-16(11-12-26)7-10-21(20)27-24(15)18-8-9-19(22(28)14-18)17-5-3-2-4-6-17/h2-10,13-14,28H,11-12,26H2,1H3,(H,29,30). The van der Waals surface area contributed by atoms with Gasteiger partial charge in [-0.05, 0) is 60.8 Å². The summed E-state index contributed by atoms with van der Waals surface area (Å²) in [5, 5.41) is 21.1. The van der Waals surface area contributed by atoms with Gasteiger partial charge in [-0.2, -0.15) is 0 Å². The second-order valence-electron chi connectivity index (χ2n) is 7.25. The van der Waals surface area contributed by atoms with Crippen LogP contribution < -0.4 is 5.73 Å². The molecule has 0 atom stereocenters. The Morgan fingerprint density at radius 3 is 2.43 bits per heavy atom. The monoisotopic (exact) mass is 398 g/mol. The third-order valence-corrected chi connectivity index (χ3v) is 5.30. The molecule has 0 unspecified atom stereocenters. The lowest BCUT2D eigenvalue weighted by molar-refractivity contribution is 0.0698. The first-order chi connectivity index (χ1) is 14.5. The van der Waals surface area contributed by atoms with E-state index in [-0.39, 0.29) is 11.3 Å². The van der Waals surface area contributed by atoms with Gasteiger partial charge in [0.25, 0.3) is 0 Å². The number of hydrogen-bond donors (Lipinski definition) is 3. The van der Waals surface area contributed by atoms with E-state index >= 15 is 0 Å². The highest BCUT2D eigenvalue weighted by Crippen LogP contribution is 2.36. The molecular formula is C25H22N2O3. The minimum absolute atomic E-state index is 0.121. The van der Waals surface area contributed by atoms with Crippen LogP contribution in [0.3, 0.4) is 0 Å². The van der Waals surface area contributed by atoms with Crippen LogP contribution in [-0.2, 0) is 6.42 Å². The third-order valence-electron chi connectivity index (χ3n) is 5.30. The average Bonchev–Trinajstić information content (AvgIpc) is 2.74. The normalized spacial score (nSPS) is 11.0. The van der Waals surface area contributed by atoms with Gasteiger partial charge in [-0.3, -0.25) is 0 Å². The lowest BCUT2D eigenvalue weighted by Crippen LogP contribution is -2.07. The summed E-state index contributed by atoms with van der Waals surface area (Å²) >= 11 is 0. The summed E-state index contributed by atoms with van der Waals surface area (Å²) in [7, 11) is 0. The fourth-order valence-corrected chi connectivity index (χ4v) is 3.83. The Kier molecular flexibility index (Phi) is 5.21. The fraction of sp³-hybridized carbons (Fsp3) is 0.120. The smallest absolute Gasteiger partial charge is 0.336 e. The molecule has 0 saturated heterocycles. The number of benzene rings is 3. The van der Waals surface area contributed by atoms with Gasteiger partial charge in [-0.15, -0.1) is 0 Å². The number of fused-ring (bicyclic) bond motifs is 1. The number of aromatic nitrogens is 1. The van der Waals surface area contributed by atoms with Crippen LogP contribution in [0.1, 0.15) is 21.5 Å². The molecule has 0 saturated carbocycles. The van der Waals surface area contributed by atoms with Gasteiger partial charge in [0.2, 0.25) is 0 Å². The third kappa shape index (κ3) is 3.51. The number of pyridine rings is 1. The molecule has 0 bridgehead atoms. The van der Waals surface area contributed by atoms with E-state index in [1.165, 1.54) is 0 Å². The second-order valence-corrected chi connectivity index (χ2v) is 7.25. The molecule has 1 heterocycles. The van der Waals surface area contributed by atoms with Gasteiger partial charge in [0.15, 0.2) is 0 Å². The minimum Gasteiger partial charge on any atom is -0.507 e. The molecule has 0 aliphatic heterocycles. The molecule has 0 spiro atoms. The maximum absolute atomic E-state index is 12.1. The first kappa shape index (κ1) is 19.6. The van der Waals surface area contributed by atoms with Crippen LogP contribution >= 0.6 is 0 Å². The molecule has 5 nitrogen and oxygen atoms in total. The van der Waals surface area contributed by atoms with Crippen molar-refractivity contribution in [2.45, 2.75) is 13.3 Å². The number of carbonyl (C=O) groups is 1. The molecular weight excluding hydrogens is 376 g/mol. The highest BCUT2D eigenvalue weighted by Gasteiger charge is 2.19. The maximum Gasteiger partial charge on any atom is 0.336 e. The zero-order chi connectivity index (χ0) is 21.3. The van der Waals surface area contributed by atoms with Gasteiger partial charge in [0.1, 0.15) is 5.75 Å². The summed E-state index contributed by atoms with van der Waals surface area (Å²) in [4.78, 5) is 16.8. The zero-order valence-corrected chi connectivity index (χ0v) is 16.6. The molecule has 4 rings (SSSR count). The molecule has 150 valence electrons. The van der Waals surface area contributed by atoms with Crippen LogP contribution in [0.4, 0.5) is 0 Å². The number of phenolic OH excluding ortho intramolecular Hbond substituents is 1. The minimum atomic E-state index is -1.00. The summed E-state index contributed by atoms with van der Waals surface area (Å²) in [5.41, 5.74) is 10.8. The van der Waals surface area contributed by atoms with Crippen molar-refractivity contribution in [2.75, 3.05) is 6.54 Å². The number of aromatic hydroxyl groups is 1. The number of hydrogen-bond acceptors (Lipinski definition) is 4. The number of carboxylic acids is 1. The van der Waals surface area contributed by atoms with Crippen molar-refractivity contribution >= 4 is 16.9 Å². The van der Waals surface area contributed by atoms with Gasteiger partial charge in [-0.1, -0.05) is 42.5 Å². The van der Waals surface area contributed by atoms with Gasteiger partial charge in [0, 0.05) is 16.5 Å². The number of nitrogens with two attached hydrogens (primary N) is 1. The molecule has 3 aromatic carbocycles. The quantitative estimate of drug-likeness (QED) is 0.449. The van der Waals surface area contributed by atoms with Gasteiger partial charge in [0.05, 0.1) is 16.8 Å². The van der Waals surface area contributed by atoms with E-state index in [1.54, 1.807) is 13.0 Å². The molecule has 0 amide bonds. The molecule has 30 heavy (non-hydrogen) atoms. The number of nitrogens with zero attached hydrogens (tertiary/aromatic N) is 1. The Balaban J connectivity index is 1.89. The van der Waals surface area contributed by atoms with Crippen LogP contribution in [-0.4, -0.2) is 27.7 Å². The zero-order valence-electron chi connectivity index (χ0n) is 16.6. The molecule has 4 N–H and O–H groups in total. The molecule has 1 aromatic heterocycles. The van der Waals surface area contributed by atoms with Gasteiger partial charge < -0.3 is 15.9 Å². The van der Waals surface area contributed by atoms with Crippen LogP contribution in [0.5, 0.6) is 5.75 Å². The molecule has 0 aliphatic carbocycles. The number of carboxylic acid groups (broad SMARTS) is 1. The molecule has 4 aromatic rings. The highest BCUT2D eigenvalue weighted by atomic mass is 16.4. The lowest BCUT2D eigenvalue weighted by atomic mass is 9.95. The largest absolute Gasteiger partial charge is 0.507 e. The van der Waals surface area contributed by atoms with Crippen LogP contribution in [0.2, 0.25) is 0 Å². The Morgan fingerprint density at radius 2 is 1.77 bits per heavy atom. The topological polar surface area (TPSA) is 96.4 Å². The summed E-state index contributed by atoms with van der Waals surface area (Å²) in [5.74, 6) is -0.883.